The van der Waals surface area contributed by atoms with E-state index in [1.54, 1.807) is 4.90 Å². The highest BCUT2D eigenvalue weighted by Crippen LogP contribution is 2.18. The number of carbonyl (C=O) groups is 1. The number of hydrogen-bond donors (Lipinski definition) is 1. The van der Waals surface area contributed by atoms with E-state index in [4.69, 9.17) is 0 Å². The highest BCUT2D eigenvalue weighted by atomic mass is 32.2. The van der Waals surface area contributed by atoms with E-state index in [2.05, 4.69) is 12.2 Å². The Morgan fingerprint density at radius 3 is 2.72 bits per heavy atom. The van der Waals surface area contributed by atoms with Crippen molar-refractivity contribution in [2.75, 3.05) is 31.1 Å². The summed E-state index contributed by atoms with van der Waals surface area (Å²) in [4.78, 5) is 14.1. The molecule has 2 unspecified atom stereocenters. The van der Waals surface area contributed by atoms with Gasteiger partial charge in [0.05, 0.1) is 17.5 Å². The molecule has 5 nitrogen and oxygen atoms in total. The molecule has 2 fully saturated rings. The van der Waals surface area contributed by atoms with Crippen LogP contribution in [-0.2, 0) is 14.6 Å². The predicted octanol–water partition coefficient (Wildman–Crippen LogP) is 0.0216. The first-order chi connectivity index (χ1) is 8.49. The standard InChI is InChI=1S/C12H22N2O3S/c1-10-4-2-5-13-11(10)12(15)14-6-3-8-18(16,17)9-7-14/h10-11,13H,2-9H2,1H3. The molecule has 2 saturated heterocycles. The number of nitrogens with zero attached hydrogens (tertiary/aromatic N) is 1. The van der Waals surface area contributed by atoms with Gasteiger partial charge in [0.25, 0.3) is 0 Å². The van der Waals surface area contributed by atoms with Crippen molar-refractivity contribution >= 4 is 15.7 Å². The van der Waals surface area contributed by atoms with Gasteiger partial charge in [0.1, 0.15) is 0 Å². The number of nitrogens with one attached hydrogen (secondary N) is 1. The summed E-state index contributed by atoms with van der Waals surface area (Å²) >= 11 is 0. The van der Waals surface area contributed by atoms with Crippen molar-refractivity contribution in [3.63, 3.8) is 0 Å². The van der Waals surface area contributed by atoms with Crippen LogP contribution in [0.25, 0.3) is 0 Å². The third-order valence-electron chi connectivity index (χ3n) is 3.90. The molecule has 0 aromatic rings. The van der Waals surface area contributed by atoms with Gasteiger partial charge >= 0.3 is 0 Å². The summed E-state index contributed by atoms with van der Waals surface area (Å²) in [6.45, 7) is 3.89. The zero-order valence-corrected chi connectivity index (χ0v) is 11.7. The molecule has 0 aliphatic carbocycles. The maximum absolute atomic E-state index is 12.4. The lowest BCUT2D eigenvalue weighted by molar-refractivity contribution is -0.135. The summed E-state index contributed by atoms with van der Waals surface area (Å²) in [5.41, 5.74) is 0. The van der Waals surface area contributed by atoms with E-state index < -0.39 is 9.84 Å². The van der Waals surface area contributed by atoms with Crippen LogP contribution in [0.1, 0.15) is 26.2 Å². The Balaban J connectivity index is 2.00. The molecule has 1 N–H and O–H groups in total. The molecular formula is C12H22N2O3S. The summed E-state index contributed by atoms with van der Waals surface area (Å²) in [7, 11) is -2.94. The fourth-order valence-electron chi connectivity index (χ4n) is 2.74. The number of sulfone groups is 1. The average Bonchev–Trinajstić information content (AvgIpc) is 2.50. The summed E-state index contributed by atoms with van der Waals surface area (Å²) in [6, 6.07) is -0.125. The second-order valence-electron chi connectivity index (χ2n) is 5.38. The molecule has 2 aliphatic heterocycles. The van der Waals surface area contributed by atoms with E-state index >= 15 is 0 Å². The van der Waals surface area contributed by atoms with Crippen molar-refractivity contribution in [2.24, 2.45) is 5.92 Å². The van der Waals surface area contributed by atoms with Crippen LogP contribution in [0.4, 0.5) is 0 Å². The molecule has 0 aromatic heterocycles. The number of carbonyl (C=O) groups excluding carboxylic acids is 1. The summed E-state index contributed by atoms with van der Waals surface area (Å²) < 4.78 is 23.1. The van der Waals surface area contributed by atoms with Crippen molar-refractivity contribution in [3.8, 4) is 0 Å². The lowest BCUT2D eigenvalue weighted by atomic mass is 9.92. The third-order valence-corrected chi connectivity index (χ3v) is 5.62. The van der Waals surface area contributed by atoms with E-state index in [-0.39, 0.29) is 23.5 Å². The highest BCUT2D eigenvalue weighted by molar-refractivity contribution is 7.91. The second kappa shape index (κ2) is 5.57. The zero-order chi connectivity index (χ0) is 13.2. The minimum absolute atomic E-state index is 0.0827. The van der Waals surface area contributed by atoms with Crippen LogP contribution < -0.4 is 5.32 Å². The van der Waals surface area contributed by atoms with Gasteiger partial charge in [-0.1, -0.05) is 6.92 Å². The van der Waals surface area contributed by atoms with Gasteiger partial charge in [-0.2, -0.15) is 0 Å². The lowest BCUT2D eigenvalue weighted by Crippen LogP contribution is -2.52. The van der Waals surface area contributed by atoms with Crippen molar-refractivity contribution in [3.05, 3.63) is 0 Å². The lowest BCUT2D eigenvalue weighted by Gasteiger charge is -2.33. The molecule has 2 rings (SSSR count). The molecule has 0 radical (unpaired) electrons. The number of amides is 1. The van der Waals surface area contributed by atoms with Crippen LogP contribution in [0.5, 0.6) is 0 Å². The van der Waals surface area contributed by atoms with E-state index in [0.717, 1.165) is 19.4 Å². The molecule has 2 heterocycles. The van der Waals surface area contributed by atoms with Crippen LogP contribution in [-0.4, -0.2) is 56.4 Å². The van der Waals surface area contributed by atoms with Gasteiger partial charge in [-0.15, -0.1) is 0 Å². The largest absolute Gasteiger partial charge is 0.340 e. The minimum Gasteiger partial charge on any atom is -0.340 e. The predicted molar refractivity (Wildman–Crippen MR) is 70.0 cm³/mol. The van der Waals surface area contributed by atoms with Gasteiger partial charge in [0.15, 0.2) is 9.84 Å². The highest BCUT2D eigenvalue weighted by Gasteiger charge is 2.32. The van der Waals surface area contributed by atoms with Gasteiger partial charge in [0.2, 0.25) is 5.91 Å². The first-order valence-corrected chi connectivity index (χ1v) is 8.54. The number of hydrogen-bond acceptors (Lipinski definition) is 4. The number of piperidine rings is 1. The van der Waals surface area contributed by atoms with Crippen molar-refractivity contribution in [1.82, 2.24) is 10.2 Å². The van der Waals surface area contributed by atoms with Crippen LogP contribution in [0.15, 0.2) is 0 Å². The molecular weight excluding hydrogens is 252 g/mol. The van der Waals surface area contributed by atoms with Crippen LogP contribution in [0.2, 0.25) is 0 Å². The van der Waals surface area contributed by atoms with Crippen molar-refractivity contribution < 1.29 is 13.2 Å². The first-order valence-electron chi connectivity index (χ1n) is 6.72. The second-order valence-corrected chi connectivity index (χ2v) is 7.69. The fraction of sp³-hybridized carbons (Fsp3) is 0.917. The SMILES string of the molecule is CC1CCCNC1C(=O)N1CCCS(=O)(=O)CC1. The normalized spacial score (nSPS) is 32.8. The fourth-order valence-corrected chi connectivity index (χ4v) is 4.01. The van der Waals surface area contributed by atoms with Crippen molar-refractivity contribution in [2.45, 2.75) is 32.2 Å². The van der Waals surface area contributed by atoms with Gasteiger partial charge in [-0.3, -0.25) is 4.79 Å². The Hall–Kier alpha value is -0.620. The molecule has 2 atom stereocenters. The zero-order valence-electron chi connectivity index (χ0n) is 10.9. The van der Waals surface area contributed by atoms with E-state index in [1.807, 2.05) is 0 Å². The summed E-state index contributed by atoms with van der Waals surface area (Å²) in [5.74, 6) is 0.745. The molecule has 104 valence electrons. The average molecular weight is 274 g/mol. The van der Waals surface area contributed by atoms with Gasteiger partial charge in [-0.25, -0.2) is 8.42 Å². The molecule has 0 saturated carbocycles. The number of rotatable bonds is 1. The van der Waals surface area contributed by atoms with Crippen LogP contribution >= 0.6 is 0 Å². The van der Waals surface area contributed by atoms with E-state index in [1.165, 1.54) is 0 Å². The van der Waals surface area contributed by atoms with Gasteiger partial charge in [0, 0.05) is 13.1 Å². The van der Waals surface area contributed by atoms with Crippen LogP contribution in [0.3, 0.4) is 0 Å². The Bertz CT molecular complexity index is 408. The van der Waals surface area contributed by atoms with Gasteiger partial charge in [-0.05, 0) is 31.7 Å². The monoisotopic (exact) mass is 274 g/mol. The summed E-state index contributed by atoms with van der Waals surface area (Å²) in [5, 5.41) is 3.27. The molecule has 18 heavy (non-hydrogen) atoms. The van der Waals surface area contributed by atoms with E-state index in [0.29, 0.717) is 25.4 Å². The maximum atomic E-state index is 12.4. The Morgan fingerprint density at radius 2 is 2.00 bits per heavy atom. The molecule has 0 bridgehead atoms. The smallest absolute Gasteiger partial charge is 0.240 e. The van der Waals surface area contributed by atoms with Gasteiger partial charge < -0.3 is 10.2 Å². The molecule has 0 aromatic carbocycles. The molecule has 2 aliphatic rings. The van der Waals surface area contributed by atoms with E-state index in [9.17, 15) is 13.2 Å². The Labute approximate surface area is 109 Å². The molecule has 0 spiro atoms. The maximum Gasteiger partial charge on any atom is 0.240 e. The molecule has 6 heteroatoms. The quantitative estimate of drug-likeness (QED) is 0.732. The summed E-state index contributed by atoms with van der Waals surface area (Å²) in [6.07, 6.45) is 2.74. The van der Waals surface area contributed by atoms with Crippen LogP contribution in [0, 0.1) is 5.92 Å². The topological polar surface area (TPSA) is 66.5 Å². The Morgan fingerprint density at radius 1 is 1.22 bits per heavy atom. The Kier molecular flexibility index (Phi) is 4.27. The minimum atomic E-state index is -2.94. The third kappa shape index (κ3) is 3.23. The molecule has 1 amide bonds. The van der Waals surface area contributed by atoms with Crippen molar-refractivity contribution in [1.29, 1.82) is 0 Å². The first kappa shape index (κ1) is 13.8.